The summed E-state index contributed by atoms with van der Waals surface area (Å²) >= 11 is 0. The molecule has 1 amide bonds. The van der Waals surface area contributed by atoms with E-state index in [0.717, 1.165) is 9.87 Å². The molecule has 1 heterocycles. The molecule has 0 radical (unpaired) electrons. The Hall–Kier alpha value is -3.05. The van der Waals surface area contributed by atoms with E-state index in [2.05, 4.69) is 5.32 Å². The van der Waals surface area contributed by atoms with Gasteiger partial charge < -0.3 is 5.32 Å². The first-order chi connectivity index (χ1) is 16.7. The average Bonchev–Trinajstić information content (AvgIpc) is 2.89. The van der Waals surface area contributed by atoms with Crippen molar-refractivity contribution < 1.29 is 21.6 Å². The molecule has 0 aromatic heterocycles. The van der Waals surface area contributed by atoms with E-state index in [9.17, 15) is 21.6 Å². The van der Waals surface area contributed by atoms with Crippen LogP contribution in [0.1, 0.15) is 18.5 Å². The van der Waals surface area contributed by atoms with Crippen LogP contribution in [0.25, 0.3) is 0 Å². The smallest absolute Gasteiger partial charge is 0.243 e. The van der Waals surface area contributed by atoms with Crippen molar-refractivity contribution in [3.8, 4) is 0 Å². The van der Waals surface area contributed by atoms with E-state index in [1.54, 1.807) is 43.3 Å². The van der Waals surface area contributed by atoms with Crippen molar-refractivity contribution in [2.75, 3.05) is 19.6 Å². The van der Waals surface area contributed by atoms with Crippen molar-refractivity contribution in [1.82, 2.24) is 13.9 Å². The number of benzene rings is 3. The van der Waals surface area contributed by atoms with E-state index < -0.39 is 38.0 Å². The predicted octanol–water partition coefficient (Wildman–Crippen LogP) is 2.63. The van der Waals surface area contributed by atoms with Crippen molar-refractivity contribution in [3.63, 3.8) is 0 Å². The van der Waals surface area contributed by atoms with Crippen LogP contribution in [0.2, 0.25) is 0 Å². The van der Waals surface area contributed by atoms with Gasteiger partial charge in [0, 0.05) is 19.6 Å². The fourth-order valence-electron chi connectivity index (χ4n) is 4.06. The molecule has 1 saturated heterocycles. The summed E-state index contributed by atoms with van der Waals surface area (Å²) < 4.78 is 55.7. The normalized spacial score (nSPS) is 18.6. The molecule has 8 nitrogen and oxygen atoms in total. The van der Waals surface area contributed by atoms with E-state index >= 15 is 0 Å². The number of piperazine rings is 1. The lowest BCUT2D eigenvalue weighted by atomic mass is 10.1. The van der Waals surface area contributed by atoms with Crippen molar-refractivity contribution in [1.29, 1.82) is 0 Å². The summed E-state index contributed by atoms with van der Waals surface area (Å²) in [5.74, 6) is -0.561. The summed E-state index contributed by atoms with van der Waals surface area (Å²) in [4.78, 5) is 13.6. The third-order valence-electron chi connectivity index (χ3n) is 5.99. The maximum absolute atomic E-state index is 13.5. The van der Waals surface area contributed by atoms with Gasteiger partial charge in [0.1, 0.15) is 6.04 Å². The quantitative estimate of drug-likeness (QED) is 0.523. The minimum absolute atomic E-state index is 0.0493. The molecule has 1 aliphatic rings. The molecule has 10 heteroatoms. The summed E-state index contributed by atoms with van der Waals surface area (Å²) in [7, 11) is -7.95. The highest BCUT2D eigenvalue weighted by atomic mass is 32.2. The summed E-state index contributed by atoms with van der Waals surface area (Å²) in [6.07, 6.45) is 0. The number of carbonyl (C=O) groups excluding carboxylic acids is 1. The number of amides is 1. The second-order valence-electron chi connectivity index (χ2n) is 8.26. The van der Waals surface area contributed by atoms with Crippen LogP contribution >= 0.6 is 0 Å². The van der Waals surface area contributed by atoms with Crippen LogP contribution in [0.5, 0.6) is 0 Å². The van der Waals surface area contributed by atoms with Crippen LogP contribution in [-0.2, 0) is 24.8 Å². The third kappa shape index (κ3) is 5.30. The maximum atomic E-state index is 13.5. The standard InChI is InChI=1S/C25H27N3O5S2/c1-20(21-11-5-2-6-12-21)26-25(29)24-19-27(34(30,31)22-13-7-3-8-14-22)17-18-28(24)35(32,33)23-15-9-4-10-16-23/h2-16,20,24H,17-19H2,1H3,(H,26,29)/t20-,24?/m0/s1. The van der Waals surface area contributed by atoms with E-state index in [4.69, 9.17) is 0 Å². The molecule has 0 spiro atoms. The first-order valence-electron chi connectivity index (χ1n) is 11.2. The van der Waals surface area contributed by atoms with E-state index in [-0.39, 0.29) is 29.4 Å². The van der Waals surface area contributed by atoms with Gasteiger partial charge in [-0.3, -0.25) is 4.79 Å². The molecule has 3 aromatic carbocycles. The topological polar surface area (TPSA) is 104 Å². The van der Waals surface area contributed by atoms with Gasteiger partial charge in [0.25, 0.3) is 0 Å². The highest BCUT2D eigenvalue weighted by Gasteiger charge is 2.43. The Labute approximate surface area is 206 Å². The second kappa shape index (κ2) is 10.3. The highest BCUT2D eigenvalue weighted by molar-refractivity contribution is 7.89. The SMILES string of the molecule is C[C@H](NC(=O)C1CN(S(=O)(=O)c2ccccc2)CCN1S(=O)(=O)c1ccccc1)c1ccccc1. The van der Waals surface area contributed by atoms with E-state index in [0.29, 0.717) is 0 Å². The molecule has 35 heavy (non-hydrogen) atoms. The molecule has 0 bridgehead atoms. The van der Waals surface area contributed by atoms with Gasteiger partial charge in [-0.15, -0.1) is 0 Å². The Morgan fingerprint density at radius 1 is 0.771 bits per heavy atom. The first-order valence-corrected chi connectivity index (χ1v) is 14.1. The Balaban J connectivity index is 1.66. The zero-order chi connectivity index (χ0) is 25.1. The van der Waals surface area contributed by atoms with Gasteiger partial charge >= 0.3 is 0 Å². The lowest BCUT2D eigenvalue weighted by Gasteiger charge is -2.39. The number of nitrogens with zero attached hydrogens (tertiary/aromatic N) is 2. The van der Waals surface area contributed by atoms with Crippen LogP contribution in [0, 0.1) is 0 Å². The fraction of sp³-hybridized carbons (Fsp3) is 0.240. The van der Waals surface area contributed by atoms with Crippen molar-refractivity contribution in [2.45, 2.75) is 28.8 Å². The molecule has 1 unspecified atom stereocenters. The van der Waals surface area contributed by atoms with Crippen LogP contribution in [0.4, 0.5) is 0 Å². The number of carbonyl (C=O) groups is 1. The van der Waals surface area contributed by atoms with Crippen LogP contribution < -0.4 is 5.32 Å². The van der Waals surface area contributed by atoms with Gasteiger partial charge in [0.15, 0.2) is 0 Å². The average molecular weight is 514 g/mol. The third-order valence-corrected chi connectivity index (χ3v) is 9.79. The lowest BCUT2D eigenvalue weighted by Crippen LogP contribution is -2.61. The molecular formula is C25H27N3O5S2. The van der Waals surface area contributed by atoms with E-state index in [1.165, 1.54) is 28.6 Å². The number of hydrogen-bond donors (Lipinski definition) is 1. The second-order valence-corrected chi connectivity index (χ2v) is 12.1. The number of hydrogen-bond acceptors (Lipinski definition) is 5. The Bertz CT molecular complexity index is 1370. The fourth-order valence-corrected chi connectivity index (χ4v) is 7.11. The molecule has 0 aliphatic carbocycles. The monoisotopic (exact) mass is 513 g/mol. The van der Waals surface area contributed by atoms with Crippen LogP contribution in [-0.4, -0.2) is 57.0 Å². The molecule has 1 aliphatic heterocycles. The van der Waals surface area contributed by atoms with Crippen molar-refractivity contribution in [2.24, 2.45) is 0 Å². The predicted molar refractivity (Wildman–Crippen MR) is 132 cm³/mol. The molecule has 2 atom stereocenters. The lowest BCUT2D eigenvalue weighted by molar-refractivity contribution is -0.126. The summed E-state index contributed by atoms with van der Waals surface area (Å²) in [6, 6.07) is 23.4. The van der Waals surface area contributed by atoms with Crippen LogP contribution in [0.15, 0.2) is 101 Å². The molecule has 1 N–H and O–H groups in total. The summed E-state index contributed by atoms with van der Waals surface area (Å²) in [6.45, 7) is 1.28. The van der Waals surface area contributed by atoms with Crippen LogP contribution in [0.3, 0.4) is 0 Å². The number of sulfonamides is 2. The Morgan fingerprint density at radius 3 is 1.80 bits per heavy atom. The molecule has 184 valence electrons. The first kappa shape index (κ1) is 25.1. The molecular weight excluding hydrogens is 486 g/mol. The largest absolute Gasteiger partial charge is 0.348 e. The maximum Gasteiger partial charge on any atom is 0.243 e. The van der Waals surface area contributed by atoms with Gasteiger partial charge in [0.05, 0.1) is 15.8 Å². The summed E-state index contributed by atoms with van der Waals surface area (Å²) in [5, 5.41) is 2.86. The zero-order valence-corrected chi connectivity index (χ0v) is 20.8. The zero-order valence-electron chi connectivity index (χ0n) is 19.2. The summed E-state index contributed by atoms with van der Waals surface area (Å²) in [5.41, 5.74) is 0.850. The van der Waals surface area contributed by atoms with Gasteiger partial charge in [-0.25, -0.2) is 16.8 Å². The van der Waals surface area contributed by atoms with Crippen molar-refractivity contribution >= 4 is 26.0 Å². The van der Waals surface area contributed by atoms with Gasteiger partial charge in [-0.1, -0.05) is 66.7 Å². The minimum Gasteiger partial charge on any atom is -0.348 e. The number of nitrogens with one attached hydrogen (secondary N) is 1. The highest BCUT2D eigenvalue weighted by Crippen LogP contribution is 2.26. The minimum atomic E-state index is -4.04. The van der Waals surface area contributed by atoms with Gasteiger partial charge in [0.2, 0.25) is 26.0 Å². The van der Waals surface area contributed by atoms with E-state index in [1.807, 2.05) is 30.3 Å². The Kier molecular flexibility index (Phi) is 7.36. The van der Waals surface area contributed by atoms with Gasteiger partial charge in [-0.05, 0) is 36.8 Å². The molecule has 0 saturated carbocycles. The molecule has 3 aromatic rings. The number of rotatable bonds is 7. The molecule has 4 rings (SSSR count). The molecule has 1 fully saturated rings. The van der Waals surface area contributed by atoms with Gasteiger partial charge in [-0.2, -0.15) is 8.61 Å². The van der Waals surface area contributed by atoms with Crippen molar-refractivity contribution in [3.05, 3.63) is 96.6 Å². The Morgan fingerprint density at radius 2 is 1.26 bits per heavy atom.